The molecule has 1 saturated heterocycles. The van der Waals surface area contributed by atoms with Crippen molar-refractivity contribution in [3.8, 4) is 0 Å². The second-order valence-corrected chi connectivity index (χ2v) is 5.82. The second-order valence-electron chi connectivity index (χ2n) is 4.91. The molecule has 2 rings (SSSR count). The number of nitrogens with one attached hydrogen (secondary N) is 2. The Labute approximate surface area is 130 Å². The summed E-state index contributed by atoms with van der Waals surface area (Å²) in [6.45, 7) is 8.00. The fourth-order valence-electron chi connectivity index (χ4n) is 2.08. The zero-order valence-electron chi connectivity index (χ0n) is 12.9. The van der Waals surface area contributed by atoms with E-state index in [1.807, 2.05) is 6.92 Å². The maximum atomic E-state index is 5.38. The van der Waals surface area contributed by atoms with Crippen molar-refractivity contribution in [2.45, 2.75) is 19.9 Å². The van der Waals surface area contributed by atoms with Gasteiger partial charge in [-0.3, -0.25) is 0 Å². The van der Waals surface area contributed by atoms with Gasteiger partial charge in [0.15, 0.2) is 0 Å². The van der Waals surface area contributed by atoms with Gasteiger partial charge in [0.2, 0.25) is 17.8 Å². The average molecular weight is 312 g/mol. The van der Waals surface area contributed by atoms with Gasteiger partial charge in [-0.1, -0.05) is 0 Å². The third-order valence-electron chi connectivity index (χ3n) is 3.04. The first-order valence-corrected chi connectivity index (χ1v) is 8.70. The van der Waals surface area contributed by atoms with Gasteiger partial charge < -0.3 is 20.3 Å². The number of ether oxygens (including phenoxy) is 1. The SMILES string of the molecule is CCNc1nc(NC(C)CSC)nc(N2CCOCC2)n1. The molecule has 0 aliphatic carbocycles. The van der Waals surface area contributed by atoms with E-state index in [0.29, 0.717) is 37.1 Å². The summed E-state index contributed by atoms with van der Waals surface area (Å²) in [7, 11) is 0. The molecule has 21 heavy (non-hydrogen) atoms. The summed E-state index contributed by atoms with van der Waals surface area (Å²) in [4.78, 5) is 15.6. The smallest absolute Gasteiger partial charge is 0.232 e. The summed E-state index contributed by atoms with van der Waals surface area (Å²) in [6, 6.07) is 0.314. The summed E-state index contributed by atoms with van der Waals surface area (Å²) in [5.74, 6) is 2.97. The van der Waals surface area contributed by atoms with E-state index >= 15 is 0 Å². The van der Waals surface area contributed by atoms with Crippen LogP contribution >= 0.6 is 11.8 Å². The van der Waals surface area contributed by atoms with Crippen LogP contribution in [0.25, 0.3) is 0 Å². The van der Waals surface area contributed by atoms with Crippen LogP contribution in [0.5, 0.6) is 0 Å². The van der Waals surface area contributed by atoms with E-state index in [1.165, 1.54) is 0 Å². The zero-order valence-corrected chi connectivity index (χ0v) is 13.7. The van der Waals surface area contributed by atoms with Crippen molar-refractivity contribution < 1.29 is 4.74 Å². The highest BCUT2D eigenvalue weighted by Gasteiger charge is 2.17. The molecule has 2 heterocycles. The Morgan fingerprint density at radius 1 is 1.24 bits per heavy atom. The quantitative estimate of drug-likeness (QED) is 0.780. The molecule has 0 saturated carbocycles. The summed E-state index contributed by atoms with van der Waals surface area (Å²) in [5, 5.41) is 6.51. The fourth-order valence-corrected chi connectivity index (χ4v) is 2.67. The standard InChI is InChI=1S/C13H24N6OS/c1-4-14-11-16-12(15-10(2)9-21-3)18-13(17-11)19-5-7-20-8-6-19/h10H,4-9H2,1-3H3,(H2,14,15,16,17,18). The third kappa shape index (κ3) is 4.89. The topological polar surface area (TPSA) is 75.2 Å². The fraction of sp³-hybridized carbons (Fsp3) is 0.769. The lowest BCUT2D eigenvalue weighted by atomic mass is 10.4. The largest absolute Gasteiger partial charge is 0.378 e. The van der Waals surface area contributed by atoms with Crippen LogP contribution in [0.2, 0.25) is 0 Å². The van der Waals surface area contributed by atoms with E-state index in [0.717, 1.165) is 25.4 Å². The van der Waals surface area contributed by atoms with Gasteiger partial charge in [-0.05, 0) is 20.1 Å². The molecule has 1 unspecified atom stereocenters. The van der Waals surface area contributed by atoms with Crippen LogP contribution in [-0.2, 0) is 4.74 Å². The van der Waals surface area contributed by atoms with E-state index in [1.54, 1.807) is 11.8 Å². The molecule has 118 valence electrons. The average Bonchev–Trinajstić information content (AvgIpc) is 2.48. The number of morpholine rings is 1. The van der Waals surface area contributed by atoms with E-state index in [2.05, 4.69) is 43.7 Å². The van der Waals surface area contributed by atoms with Gasteiger partial charge in [0, 0.05) is 31.4 Å². The van der Waals surface area contributed by atoms with Gasteiger partial charge in [-0.15, -0.1) is 0 Å². The van der Waals surface area contributed by atoms with Crippen LogP contribution in [0.4, 0.5) is 17.8 Å². The zero-order chi connectivity index (χ0) is 15.1. The lowest BCUT2D eigenvalue weighted by Crippen LogP contribution is -2.37. The lowest BCUT2D eigenvalue weighted by molar-refractivity contribution is 0.122. The van der Waals surface area contributed by atoms with Crippen molar-refractivity contribution in [1.82, 2.24) is 15.0 Å². The number of thioether (sulfide) groups is 1. The molecule has 1 aliphatic heterocycles. The van der Waals surface area contributed by atoms with Crippen LogP contribution in [0.15, 0.2) is 0 Å². The summed E-state index contributed by atoms with van der Waals surface area (Å²) in [6.07, 6.45) is 2.09. The Hall–Kier alpha value is -1.28. The molecule has 1 aromatic heterocycles. The summed E-state index contributed by atoms with van der Waals surface area (Å²) >= 11 is 1.80. The van der Waals surface area contributed by atoms with E-state index in [4.69, 9.17) is 4.74 Å². The number of nitrogens with zero attached hydrogens (tertiary/aromatic N) is 4. The molecule has 0 spiro atoms. The molecule has 0 aromatic carbocycles. The first kappa shape index (κ1) is 16.1. The number of hydrogen-bond acceptors (Lipinski definition) is 8. The van der Waals surface area contributed by atoms with E-state index < -0.39 is 0 Å². The molecule has 0 amide bonds. The van der Waals surface area contributed by atoms with Crippen LogP contribution < -0.4 is 15.5 Å². The maximum Gasteiger partial charge on any atom is 0.232 e. The van der Waals surface area contributed by atoms with Crippen molar-refractivity contribution in [3.63, 3.8) is 0 Å². The van der Waals surface area contributed by atoms with Crippen LogP contribution in [-0.4, -0.2) is 65.9 Å². The van der Waals surface area contributed by atoms with E-state index in [-0.39, 0.29) is 0 Å². The van der Waals surface area contributed by atoms with Gasteiger partial charge in [0.05, 0.1) is 13.2 Å². The van der Waals surface area contributed by atoms with Crippen molar-refractivity contribution in [3.05, 3.63) is 0 Å². The minimum atomic E-state index is 0.314. The highest BCUT2D eigenvalue weighted by molar-refractivity contribution is 7.98. The monoisotopic (exact) mass is 312 g/mol. The molecule has 1 atom stereocenters. The molecule has 0 radical (unpaired) electrons. The van der Waals surface area contributed by atoms with Crippen LogP contribution in [0.3, 0.4) is 0 Å². The Morgan fingerprint density at radius 2 is 1.95 bits per heavy atom. The minimum Gasteiger partial charge on any atom is -0.378 e. The Bertz CT molecular complexity index is 441. The normalized spacial score (nSPS) is 16.6. The number of anilines is 3. The molecule has 1 aliphatic rings. The maximum absolute atomic E-state index is 5.38. The first-order chi connectivity index (χ1) is 10.2. The molecule has 1 fully saturated rings. The van der Waals surface area contributed by atoms with Crippen molar-refractivity contribution in [2.24, 2.45) is 0 Å². The number of aromatic nitrogens is 3. The van der Waals surface area contributed by atoms with Gasteiger partial charge >= 0.3 is 0 Å². The lowest BCUT2D eigenvalue weighted by Gasteiger charge is -2.27. The molecule has 2 N–H and O–H groups in total. The Morgan fingerprint density at radius 3 is 2.62 bits per heavy atom. The minimum absolute atomic E-state index is 0.314. The predicted octanol–water partition coefficient (Wildman–Crippen LogP) is 1.30. The third-order valence-corrected chi connectivity index (χ3v) is 3.88. The molecule has 7 nitrogen and oxygen atoms in total. The highest BCUT2D eigenvalue weighted by atomic mass is 32.2. The Kier molecular flexibility index (Phi) is 6.31. The molecule has 1 aromatic rings. The Balaban J connectivity index is 2.16. The highest BCUT2D eigenvalue weighted by Crippen LogP contribution is 2.16. The van der Waals surface area contributed by atoms with Gasteiger partial charge in [-0.25, -0.2) is 0 Å². The first-order valence-electron chi connectivity index (χ1n) is 7.31. The molecular formula is C13H24N6OS. The predicted molar refractivity (Wildman–Crippen MR) is 88.5 cm³/mol. The van der Waals surface area contributed by atoms with E-state index in [9.17, 15) is 0 Å². The molecule has 8 heteroatoms. The number of rotatable bonds is 7. The van der Waals surface area contributed by atoms with Crippen molar-refractivity contribution >= 4 is 29.6 Å². The molecule has 0 bridgehead atoms. The number of hydrogen-bond donors (Lipinski definition) is 2. The van der Waals surface area contributed by atoms with Gasteiger partial charge in [-0.2, -0.15) is 26.7 Å². The van der Waals surface area contributed by atoms with Gasteiger partial charge in [0.25, 0.3) is 0 Å². The summed E-state index contributed by atoms with van der Waals surface area (Å²) in [5.41, 5.74) is 0. The van der Waals surface area contributed by atoms with Crippen LogP contribution in [0.1, 0.15) is 13.8 Å². The van der Waals surface area contributed by atoms with Crippen molar-refractivity contribution in [1.29, 1.82) is 0 Å². The summed E-state index contributed by atoms with van der Waals surface area (Å²) < 4.78 is 5.38. The molecular weight excluding hydrogens is 288 g/mol. The van der Waals surface area contributed by atoms with Crippen LogP contribution in [0, 0.1) is 0 Å². The van der Waals surface area contributed by atoms with Gasteiger partial charge in [0.1, 0.15) is 0 Å². The van der Waals surface area contributed by atoms with Crippen molar-refractivity contribution in [2.75, 3.05) is 60.4 Å². The second kappa shape index (κ2) is 8.23.